The lowest BCUT2D eigenvalue weighted by atomic mass is 10.1. The molecule has 1 N–H and O–H groups in total. The van der Waals surface area contributed by atoms with Crippen LogP contribution in [0.15, 0.2) is 30.5 Å². The normalized spacial score (nSPS) is 20.3. The lowest BCUT2D eigenvalue weighted by Gasteiger charge is -2.10. The number of carbonyl (C=O) groups is 1. The first kappa shape index (κ1) is 15.1. The number of hydrogen-bond donors (Lipinski definition) is 1. The maximum Gasteiger partial charge on any atom is 0.239 e. The van der Waals surface area contributed by atoms with Gasteiger partial charge >= 0.3 is 0 Å². The molecule has 1 saturated heterocycles. The number of rotatable bonds is 4. The molecule has 1 aromatic carbocycles. The Kier molecular flexibility index (Phi) is 3.95. The van der Waals surface area contributed by atoms with Crippen molar-refractivity contribution in [2.45, 2.75) is 19.9 Å². The lowest BCUT2D eigenvalue weighted by molar-refractivity contribution is -0.121. The maximum absolute atomic E-state index is 12.1. The van der Waals surface area contributed by atoms with E-state index in [-0.39, 0.29) is 29.9 Å². The van der Waals surface area contributed by atoms with Crippen LogP contribution in [-0.4, -0.2) is 36.9 Å². The molecule has 0 radical (unpaired) electrons. The number of aromatic nitrogens is 1. The van der Waals surface area contributed by atoms with Gasteiger partial charge in [0.05, 0.1) is 11.5 Å². The van der Waals surface area contributed by atoms with Crippen molar-refractivity contribution < 1.29 is 13.2 Å². The fraction of sp³-hybridized carbons (Fsp3) is 0.438. The monoisotopic (exact) mass is 320 g/mol. The quantitative estimate of drug-likeness (QED) is 0.928. The predicted molar refractivity (Wildman–Crippen MR) is 86.4 cm³/mol. The molecule has 6 heteroatoms. The highest BCUT2D eigenvalue weighted by atomic mass is 32.2. The molecular formula is C16H20N2O3S. The van der Waals surface area contributed by atoms with Crippen molar-refractivity contribution in [1.82, 2.24) is 9.88 Å². The van der Waals surface area contributed by atoms with E-state index in [1.54, 1.807) is 0 Å². The Labute approximate surface area is 130 Å². The van der Waals surface area contributed by atoms with Crippen molar-refractivity contribution in [3.63, 3.8) is 0 Å². The van der Waals surface area contributed by atoms with Crippen LogP contribution in [0.25, 0.3) is 10.9 Å². The van der Waals surface area contributed by atoms with Gasteiger partial charge in [-0.25, -0.2) is 8.42 Å². The minimum absolute atomic E-state index is 0.0529. The van der Waals surface area contributed by atoms with Crippen molar-refractivity contribution in [2.24, 2.45) is 5.92 Å². The molecule has 0 spiro atoms. The average Bonchev–Trinajstić information content (AvgIpc) is 2.98. The summed E-state index contributed by atoms with van der Waals surface area (Å²) >= 11 is 0. The first-order valence-corrected chi connectivity index (χ1v) is 9.28. The van der Waals surface area contributed by atoms with Crippen LogP contribution in [0.3, 0.4) is 0 Å². The summed E-state index contributed by atoms with van der Waals surface area (Å²) in [5.41, 5.74) is 2.18. The van der Waals surface area contributed by atoms with Crippen LogP contribution in [-0.2, 0) is 21.2 Å². The van der Waals surface area contributed by atoms with Crippen LogP contribution in [0.4, 0.5) is 0 Å². The number of carbonyl (C=O) groups excluding carboxylic acids is 1. The number of benzene rings is 1. The Bertz CT molecular complexity index is 808. The van der Waals surface area contributed by atoms with E-state index in [0.29, 0.717) is 13.0 Å². The van der Waals surface area contributed by atoms with E-state index < -0.39 is 9.84 Å². The number of sulfone groups is 1. The average molecular weight is 320 g/mol. The number of aryl methyl sites for hydroxylation is 1. The fourth-order valence-electron chi connectivity index (χ4n) is 3.06. The van der Waals surface area contributed by atoms with Gasteiger partial charge in [-0.05, 0) is 30.9 Å². The zero-order valence-electron chi connectivity index (χ0n) is 12.6. The summed E-state index contributed by atoms with van der Waals surface area (Å²) in [5.74, 6) is 0.413. The zero-order chi connectivity index (χ0) is 15.7. The van der Waals surface area contributed by atoms with Crippen molar-refractivity contribution in [3.05, 3.63) is 36.0 Å². The van der Waals surface area contributed by atoms with Gasteiger partial charge in [-0.2, -0.15) is 0 Å². The second-order valence-corrected chi connectivity index (χ2v) is 8.26. The smallest absolute Gasteiger partial charge is 0.239 e. The molecule has 0 bridgehead atoms. The van der Waals surface area contributed by atoms with E-state index in [1.165, 1.54) is 0 Å². The Hall–Kier alpha value is -1.82. The Morgan fingerprint density at radius 2 is 2.14 bits per heavy atom. The van der Waals surface area contributed by atoms with Crippen LogP contribution >= 0.6 is 0 Å². The zero-order valence-corrected chi connectivity index (χ0v) is 13.4. The molecule has 1 atom stereocenters. The number of para-hydroxylation sites is 1. The highest BCUT2D eigenvalue weighted by molar-refractivity contribution is 7.91. The van der Waals surface area contributed by atoms with Gasteiger partial charge in [0.15, 0.2) is 9.84 Å². The van der Waals surface area contributed by atoms with E-state index in [9.17, 15) is 13.2 Å². The summed E-state index contributed by atoms with van der Waals surface area (Å²) in [6.07, 6.45) is 2.62. The van der Waals surface area contributed by atoms with Gasteiger partial charge in [0.25, 0.3) is 0 Å². The van der Waals surface area contributed by atoms with Gasteiger partial charge in [-0.1, -0.05) is 18.2 Å². The summed E-state index contributed by atoms with van der Waals surface area (Å²) < 4.78 is 24.8. The SMILES string of the molecule is Cc1cn(CC(=O)NCC2CCS(=O)(=O)C2)c2ccccc12. The van der Waals surface area contributed by atoms with Crippen molar-refractivity contribution in [2.75, 3.05) is 18.1 Å². The van der Waals surface area contributed by atoms with Gasteiger partial charge in [0.2, 0.25) is 5.91 Å². The molecule has 118 valence electrons. The van der Waals surface area contributed by atoms with Gasteiger partial charge < -0.3 is 9.88 Å². The first-order chi connectivity index (χ1) is 10.4. The molecule has 0 saturated carbocycles. The molecule has 0 aliphatic carbocycles. The molecule has 1 aromatic heterocycles. The standard InChI is InChI=1S/C16H20N2O3S/c1-12-9-18(15-5-3-2-4-14(12)15)10-16(19)17-8-13-6-7-22(20,21)11-13/h2-5,9,13H,6-8,10-11H2,1H3,(H,17,19). The molecule has 22 heavy (non-hydrogen) atoms. The lowest BCUT2D eigenvalue weighted by Crippen LogP contribution is -2.32. The summed E-state index contributed by atoms with van der Waals surface area (Å²) in [5, 5.41) is 4.01. The summed E-state index contributed by atoms with van der Waals surface area (Å²) in [7, 11) is -2.88. The molecule has 1 fully saturated rings. The van der Waals surface area contributed by atoms with Crippen molar-refractivity contribution in [1.29, 1.82) is 0 Å². The van der Waals surface area contributed by atoms with Gasteiger partial charge in [0, 0.05) is 23.6 Å². The molecule has 2 aromatic rings. The van der Waals surface area contributed by atoms with Gasteiger partial charge in [-0.15, -0.1) is 0 Å². The van der Waals surface area contributed by atoms with E-state index in [2.05, 4.69) is 5.32 Å². The minimum atomic E-state index is -2.88. The Morgan fingerprint density at radius 1 is 1.36 bits per heavy atom. The third-order valence-electron chi connectivity index (χ3n) is 4.22. The second kappa shape index (κ2) is 5.76. The highest BCUT2D eigenvalue weighted by Gasteiger charge is 2.27. The van der Waals surface area contributed by atoms with Gasteiger partial charge in [0.1, 0.15) is 6.54 Å². The van der Waals surface area contributed by atoms with E-state index in [1.807, 2.05) is 42.0 Å². The third-order valence-corrected chi connectivity index (χ3v) is 6.05. The molecule has 1 aliphatic rings. The Morgan fingerprint density at radius 3 is 2.86 bits per heavy atom. The number of fused-ring (bicyclic) bond motifs is 1. The first-order valence-electron chi connectivity index (χ1n) is 7.46. The number of hydrogen-bond acceptors (Lipinski definition) is 3. The van der Waals surface area contributed by atoms with Crippen molar-refractivity contribution >= 4 is 26.6 Å². The fourth-order valence-corrected chi connectivity index (χ4v) is 4.92. The predicted octanol–water partition coefficient (Wildman–Crippen LogP) is 1.50. The van der Waals surface area contributed by atoms with E-state index in [4.69, 9.17) is 0 Å². The third kappa shape index (κ3) is 3.16. The second-order valence-electron chi connectivity index (χ2n) is 6.03. The molecule has 2 heterocycles. The summed E-state index contributed by atoms with van der Waals surface area (Å²) in [4.78, 5) is 12.1. The van der Waals surface area contributed by atoms with Crippen LogP contribution in [0, 0.1) is 12.8 Å². The molecule has 1 unspecified atom stereocenters. The van der Waals surface area contributed by atoms with Gasteiger partial charge in [-0.3, -0.25) is 4.79 Å². The molecular weight excluding hydrogens is 300 g/mol. The molecule has 1 amide bonds. The minimum Gasteiger partial charge on any atom is -0.354 e. The van der Waals surface area contributed by atoms with E-state index in [0.717, 1.165) is 16.5 Å². The van der Waals surface area contributed by atoms with Crippen LogP contribution in [0.2, 0.25) is 0 Å². The van der Waals surface area contributed by atoms with Crippen molar-refractivity contribution in [3.8, 4) is 0 Å². The molecule has 1 aliphatic heterocycles. The number of nitrogens with one attached hydrogen (secondary N) is 1. The Balaban J connectivity index is 1.62. The topological polar surface area (TPSA) is 68.2 Å². The van der Waals surface area contributed by atoms with Crippen LogP contribution in [0.5, 0.6) is 0 Å². The molecule has 3 rings (SSSR count). The van der Waals surface area contributed by atoms with Crippen LogP contribution < -0.4 is 5.32 Å². The largest absolute Gasteiger partial charge is 0.354 e. The number of amides is 1. The number of nitrogens with zero attached hydrogens (tertiary/aromatic N) is 1. The molecule has 5 nitrogen and oxygen atoms in total. The van der Waals surface area contributed by atoms with E-state index >= 15 is 0 Å². The maximum atomic E-state index is 12.1. The summed E-state index contributed by atoms with van der Waals surface area (Å²) in [6, 6.07) is 7.99. The summed E-state index contributed by atoms with van der Waals surface area (Å²) in [6.45, 7) is 2.73. The van der Waals surface area contributed by atoms with Crippen LogP contribution in [0.1, 0.15) is 12.0 Å². The highest BCUT2D eigenvalue weighted by Crippen LogP contribution is 2.20.